The molecule has 0 heterocycles. The van der Waals surface area contributed by atoms with Crippen molar-refractivity contribution in [3.05, 3.63) is 42.0 Å². The molecule has 1 saturated carbocycles. The van der Waals surface area contributed by atoms with Crippen LogP contribution in [0, 0.1) is 5.92 Å². The van der Waals surface area contributed by atoms with Crippen molar-refractivity contribution in [3.8, 4) is 5.75 Å². The summed E-state index contributed by atoms with van der Waals surface area (Å²) in [7, 11) is 1.64. The second-order valence-corrected chi connectivity index (χ2v) is 5.56. The Kier molecular flexibility index (Phi) is 3.72. The van der Waals surface area contributed by atoms with Gasteiger partial charge in [0.25, 0.3) is 0 Å². The Balaban J connectivity index is 2.10. The molecule has 2 aromatic carbocycles. The van der Waals surface area contributed by atoms with Crippen LogP contribution in [0.1, 0.15) is 42.5 Å². The summed E-state index contributed by atoms with van der Waals surface area (Å²) < 4.78 is 5.44. The maximum absolute atomic E-state index is 12.9. The summed E-state index contributed by atoms with van der Waals surface area (Å²) in [6, 6.07) is 12.0. The van der Waals surface area contributed by atoms with Gasteiger partial charge in [0.15, 0.2) is 5.78 Å². The highest BCUT2D eigenvalue weighted by Crippen LogP contribution is 2.34. The molecule has 2 heteroatoms. The maximum atomic E-state index is 12.9. The van der Waals surface area contributed by atoms with E-state index in [1.807, 2.05) is 36.4 Å². The predicted octanol–water partition coefficient (Wildman–Crippen LogP) is 4.61. The van der Waals surface area contributed by atoms with E-state index in [2.05, 4.69) is 0 Å². The molecule has 0 atom stereocenters. The van der Waals surface area contributed by atoms with Crippen LogP contribution in [0.3, 0.4) is 0 Å². The fourth-order valence-electron chi connectivity index (χ4n) is 3.24. The normalized spacial score (nSPS) is 16.2. The highest BCUT2D eigenvalue weighted by molar-refractivity contribution is 6.11. The second-order valence-electron chi connectivity index (χ2n) is 5.56. The van der Waals surface area contributed by atoms with E-state index in [4.69, 9.17) is 4.74 Å². The van der Waals surface area contributed by atoms with Crippen molar-refractivity contribution in [3.63, 3.8) is 0 Å². The van der Waals surface area contributed by atoms with Crippen LogP contribution in [-0.2, 0) is 0 Å². The molecule has 0 saturated heterocycles. The van der Waals surface area contributed by atoms with Gasteiger partial charge in [-0.2, -0.15) is 0 Å². The van der Waals surface area contributed by atoms with Crippen molar-refractivity contribution in [2.45, 2.75) is 32.1 Å². The molecule has 0 aromatic heterocycles. The Morgan fingerprint density at radius 1 is 1.05 bits per heavy atom. The van der Waals surface area contributed by atoms with Crippen LogP contribution in [0.15, 0.2) is 36.4 Å². The third-order valence-corrected chi connectivity index (χ3v) is 4.33. The Bertz CT molecular complexity index is 624. The summed E-state index contributed by atoms with van der Waals surface area (Å²) in [5.41, 5.74) is 0.775. The third-order valence-electron chi connectivity index (χ3n) is 4.33. The van der Waals surface area contributed by atoms with Gasteiger partial charge in [-0.1, -0.05) is 49.6 Å². The van der Waals surface area contributed by atoms with E-state index in [0.29, 0.717) is 5.75 Å². The topological polar surface area (TPSA) is 26.3 Å². The molecule has 0 unspecified atom stereocenters. The number of hydrogen-bond acceptors (Lipinski definition) is 2. The molecule has 2 aromatic rings. The number of Topliss-reactive ketones (excluding diaryl/α,β-unsaturated/α-hetero) is 1. The van der Waals surface area contributed by atoms with E-state index in [1.165, 1.54) is 19.3 Å². The molecule has 3 rings (SSSR count). The smallest absolute Gasteiger partial charge is 0.170 e. The SMILES string of the molecule is COc1ccc2ccccc2c1C(=O)C1CCCCC1. The summed E-state index contributed by atoms with van der Waals surface area (Å²) >= 11 is 0. The van der Waals surface area contributed by atoms with Gasteiger partial charge in [0, 0.05) is 5.92 Å². The zero-order chi connectivity index (χ0) is 13.9. The minimum absolute atomic E-state index is 0.170. The molecule has 0 bridgehead atoms. The highest BCUT2D eigenvalue weighted by atomic mass is 16.5. The number of carbonyl (C=O) groups is 1. The Hall–Kier alpha value is -1.83. The Labute approximate surface area is 119 Å². The summed E-state index contributed by atoms with van der Waals surface area (Å²) in [6.07, 6.45) is 5.64. The minimum Gasteiger partial charge on any atom is -0.496 e. The van der Waals surface area contributed by atoms with Gasteiger partial charge in [0.1, 0.15) is 5.75 Å². The van der Waals surface area contributed by atoms with Crippen molar-refractivity contribution in [1.82, 2.24) is 0 Å². The van der Waals surface area contributed by atoms with Gasteiger partial charge < -0.3 is 4.74 Å². The van der Waals surface area contributed by atoms with E-state index in [9.17, 15) is 4.79 Å². The van der Waals surface area contributed by atoms with E-state index in [1.54, 1.807) is 7.11 Å². The van der Waals surface area contributed by atoms with Crippen LogP contribution < -0.4 is 4.74 Å². The molecule has 2 nitrogen and oxygen atoms in total. The highest BCUT2D eigenvalue weighted by Gasteiger charge is 2.26. The molecule has 0 amide bonds. The van der Waals surface area contributed by atoms with Crippen LogP contribution in [0.5, 0.6) is 5.75 Å². The fourth-order valence-corrected chi connectivity index (χ4v) is 3.24. The number of benzene rings is 2. The second kappa shape index (κ2) is 5.66. The molecular formula is C18H20O2. The number of methoxy groups -OCH3 is 1. The van der Waals surface area contributed by atoms with Gasteiger partial charge in [0.05, 0.1) is 12.7 Å². The predicted molar refractivity (Wildman–Crippen MR) is 81.4 cm³/mol. The van der Waals surface area contributed by atoms with Crippen molar-refractivity contribution in [2.24, 2.45) is 5.92 Å². The molecule has 0 aliphatic heterocycles. The van der Waals surface area contributed by atoms with Gasteiger partial charge in [-0.15, -0.1) is 0 Å². The van der Waals surface area contributed by atoms with Gasteiger partial charge in [-0.3, -0.25) is 4.79 Å². The first kappa shape index (κ1) is 13.2. The first-order valence-corrected chi connectivity index (χ1v) is 7.41. The fraction of sp³-hybridized carbons (Fsp3) is 0.389. The molecule has 104 valence electrons. The van der Waals surface area contributed by atoms with Crippen molar-refractivity contribution >= 4 is 16.6 Å². The molecule has 0 spiro atoms. The lowest BCUT2D eigenvalue weighted by Gasteiger charge is -2.22. The van der Waals surface area contributed by atoms with Crippen LogP contribution in [-0.4, -0.2) is 12.9 Å². The van der Waals surface area contributed by atoms with Gasteiger partial charge in [0.2, 0.25) is 0 Å². The molecule has 20 heavy (non-hydrogen) atoms. The van der Waals surface area contributed by atoms with Gasteiger partial charge >= 0.3 is 0 Å². The molecular weight excluding hydrogens is 248 g/mol. The van der Waals surface area contributed by atoms with Crippen molar-refractivity contribution < 1.29 is 9.53 Å². The lowest BCUT2D eigenvalue weighted by molar-refractivity contribution is 0.0888. The molecule has 1 aliphatic rings. The number of ether oxygens (including phenoxy) is 1. The van der Waals surface area contributed by atoms with Crippen LogP contribution in [0.4, 0.5) is 0 Å². The average Bonchev–Trinajstić information content (AvgIpc) is 2.54. The van der Waals surface area contributed by atoms with Gasteiger partial charge in [-0.05, 0) is 29.7 Å². The maximum Gasteiger partial charge on any atom is 0.170 e. The van der Waals surface area contributed by atoms with Crippen LogP contribution in [0.2, 0.25) is 0 Å². The van der Waals surface area contributed by atoms with Crippen LogP contribution >= 0.6 is 0 Å². The Morgan fingerprint density at radius 3 is 2.55 bits per heavy atom. The minimum atomic E-state index is 0.170. The Morgan fingerprint density at radius 2 is 1.80 bits per heavy atom. The summed E-state index contributed by atoms with van der Waals surface area (Å²) in [6.45, 7) is 0. The zero-order valence-electron chi connectivity index (χ0n) is 11.9. The van der Waals surface area contributed by atoms with Crippen molar-refractivity contribution in [2.75, 3.05) is 7.11 Å². The van der Waals surface area contributed by atoms with Gasteiger partial charge in [-0.25, -0.2) is 0 Å². The van der Waals surface area contributed by atoms with E-state index < -0.39 is 0 Å². The third kappa shape index (κ3) is 2.31. The zero-order valence-corrected chi connectivity index (χ0v) is 11.9. The molecule has 0 radical (unpaired) electrons. The number of hydrogen-bond donors (Lipinski definition) is 0. The van der Waals surface area contributed by atoms with E-state index in [-0.39, 0.29) is 11.7 Å². The first-order chi connectivity index (χ1) is 9.81. The average molecular weight is 268 g/mol. The van der Waals surface area contributed by atoms with E-state index >= 15 is 0 Å². The standard InChI is InChI=1S/C18H20O2/c1-20-16-12-11-13-7-5-6-10-15(13)17(16)18(19)14-8-3-2-4-9-14/h5-7,10-12,14H,2-4,8-9H2,1H3. The summed E-state index contributed by atoms with van der Waals surface area (Å²) in [4.78, 5) is 12.9. The van der Waals surface area contributed by atoms with Crippen molar-refractivity contribution in [1.29, 1.82) is 0 Å². The number of rotatable bonds is 3. The van der Waals surface area contributed by atoms with E-state index in [0.717, 1.165) is 29.2 Å². The monoisotopic (exact) mass is 268 g/mol. The quantitative estimate of drug-likeness (QED) is 0.760. The first-order valence-electron chi connectivity index (χ1n) is 7.41. The van der Waals surface area contributed by atoms with Crippen LogP contribution in [0.25, 0.3) is 10.8 Å². The number of carbonyl (C=O) groups excluding carboxylic acids is 1. The summed E-state index contributed by atoms with van der Waals surface area (Å²) in [5, 5.41) is 2.12. The molecule has 0 N–H and O–H groups in total. The largest absolute Gasteiger partial charge is 0.496 e. The molecule has 1 aliphatic carbocycles. The summed E-state index contributed by atoms with van der Waals surface area (Å²) in [5.74, 6) is 1.14. The number of ketones is 1. The molecule has 1 fully saturated rings. The lowest BCUT2D eigenvalue weighted by Crippen LogP contribution is -2.18. The lowest BCUT2D eigenvalue weighted by atomic mass is 9.82. The number of fused-ring (bicyclic) bond motifs is 1.